The summed E-state index contributed by atoms with van der Waals surface area (Å²) in [6, 6.07) is 11.9. The first kappa shape index (κ1) is 28.9. The first-order valence-electron chi connectivity index (χ1n) is 12.7. The predicted octanol–water partition coefficient (Wildman–Crippen LogP) is 0.881. The van der Waals surface area contributed by atoms with Gasteiger partial charge >= 0.3 is 13.7 Å². The van der Waals surface area contributed by atoms with Crippen LogP contribution < -0.4 is 15.3 Å². The van der Waals surface area contributed by atoms with Gasteiger partial charge in [-0.1, -0.05) is 18.2 Å². The van der Waals surface area contributed by atoms with Crippen LogP contribution in [0.4, 0.5) is 5.82 Å². The molecule has 0 amide bonds. The van der Waals surface area contributed by atoms with Gasteiger partial charge in [-0.15, -0.1) is 0 Å². The largest absolute Gasteiger partial charge is 0.459 e. The van der Waals surface area contributed by atoms with Gasteiger partial charge in [0.25, 0.3) is 0 Å². The molecule has 0 bridgehead atoms. The van der Waals surface area contributed by atoms with Gasteiger partial charge in [-0.3, -0.25) is 9.32 Å². The maximum absolute atomic E-state index is 13.9. The highest BCUT2D eigenvalue weighted by Gasteiger charge is 2.57. The Kier molecular flexibility index (Phi) is 8.25. The van der Waals surface area contributed by atoms with Crippen LogP contribution in [-0.4, -0.2) is 80.6 Å². The minimum atomic E-state index is -4.42. The molecule has 1 unspecified atom stereocenters. The molecule has 0 aliphatic carbocycles. The summed E-state index contributed by atoms with van der Waals surface area (Å²) < 4.78 is 43.0. The number of aliphatic hydroxyl groups excluding tert-OH is 2. The molecule has 4 heterocycles. The van der Waals surface area contributed by atoms with Crippen molar-refractivity contribution in [1.29, 1.82) is 5.26 Å². The van der Waals surface area contributed by atoms with Crippen LogP contribution in [0.3, 0.4) is 0 Å². The number of rotatable bonds is 10. The van der Waals surface area contributed by atoms with Crippen molar-refractivity contribution in [2.24, 2.45) is 0 Å². The number of nitriles is 1. The number of nitrogens with two attached hydrogens (primary N) is 1. The van der Waals surface area contributed by atoms with E-state index in [9.17, 15) is 24.8 Å². The van der Waals surface area contributed by atoms with Crippen molar-refractivity contribution in [2.45, 2.75) is 49.4 Å². The van der Waals surface area contributed by atoms with E-state index in [-0.39, 0.29) is 23.9 Å². The molecule has 1 aromatic carbocycles. The molecule has 0 radical (unpaired) electrons. The Morgan fingerprint density at radius 1 is 1.34 bits per heavy atom. The number of aromatic nitrogens is 3. The lowest BCUT2D eigenvalue weighted by molar-refractivity contribution is -0.150. The van der Waals surface area contributed by atoms with E-state index in [1.54, 1.807) is 30.3 Å². The van der Waals surface area contributed by atoms with Crippen molar-refractivity contribution in [3.05, 3.63) is 54.5 Å². The zero-order valence-electron chi connectivity index (χ0n) is 21.9. The molecular weight excluding hydrogens is 559 g/mol. The molecule has 16 heteroatoms. The molecule has 3 aromatic rings. The number of nitrogens with zero attached hydrogens (tertiary/aromatic N) is 4. The molecule has 2 aromatic heterocycles. The highest BCUT2D eigenvalue weighted by molar-refractivity contribution is 7.52. The number of hydrogen-bond donors (Lipinski definition) is 4. The molecule has 2 fully saturated rings. The van der Waals surface area contributed by atoms with Crippen LogP contribution in [-0.2, 0) is 28.1 Å². The van der Waals surface area contributed by atoms with Crippen molar-refractivity contribution < 1.29 is 42.8 Å². The summed E-state index contributed by atoms with van der Waals surface area (Å²) in [6.07, 6.45) is -3.33. The highest BCUT2D eigenvalue weighted by Crippen LogP contribution is 2.48. The van der Waals surface area contributed by atoms with Gasteiger partial charge in [-0.25, -0.2) is 14.1 Å². The summed E-state index contributed by atoms with van der Waals surface area (Å²) in [5, 5.41) is 38.5. The summed E-state index contributed by atoms with van der Waals surface area (Å²) in [5.74, 6) is -0.404. The van der Waals surface area contributed by atoms with Crippen molar-refractivity contribution in [2.75, 3.05) is 25.6 Å². The van der Waals surface area contributed by atoms with E-state index >= 15 is 0 Å². The number of anilines is 1. The van der Waals surface area contributed by atoms with Gasteiger partial charge < -0.3 is 34.7 Å². The van der Waals surface area contributed by atoms with Crippen LogP contribution in [0, 0.1) is 11.3 Å². The first-order valence-corrected chi connectivity index (χ1v) is 14.3. The lowest BCUT2D eigenvalue weighted by Crippen LogP contribution is -2.46. The number of esters is 1. The van der Waals surface area contributed by atoms with Crippen LogP contribution in [0.2, 0.25) is 0 Å². The van der Waals surface area contributed by atoms with Crippen molar-refractivity contribution >= 4 is 25.1 Å². The fourth-order valence-corrected chi connectivity index (χ4v) is 6.05. The second-order valence-corrected chi connectivity index (χ2v) is 11.3. The lowest BCUT2D eigenvalue weighted by atomic mass is 9.96. The van der Waals surface area contributed by atoms with Crippen molar-refractivity contribution in [3.63, 3.8) is 0 Å². The first-order chi connectivity index (χ1) is 19.6. The number of benzene rings is 1. The summed E-state index contributed by atoms with van der Waals surface area (Å²) in [6.45, 7) is 1.32. The average Bonchev–Trinajstić information content (AvgIpc) is 3.69. The third-order valence-electron chi connectivity index (χ3n) is 6.73. The Morgan fingerprint density at radius 3 is 2.83 bits per heavy atom. The van der Waals surface area contributed by atoms with Gasteiger partial charge in [0.15, 0.2) is 5.82 Å². The normalized spacial score (nSPS) is 28.1. The minimum Gasteiger partial charge on any atom is -0.459 e. The molecule has 41 heavy (non-hydrogen) atoms. The van der Waals surface area contributed by atoms with Crippen LogP contribution in [0.5, 0.6) is 5.75 Å². The van der Waals surface area contributed by atoms with Gasteiger partial charge in [0.05, 0.1) is 18.9 Å². The van der Waals surface area contributed by atoms with E-state index in [0.717, 1.165) is 0 Å². The van der Waals surface area contributed by atoms with E-state index in [0.29, 0.717) is 18.5 Å². The Balaban J connectivity index is 1.36. The van der Waals surface area contributed by atoms with Crippen LogP contribution in [0.1, 0.15) is 25.1 Å². The third kappa shape index (κ3) is 5.90. The van der Waals surface area contributed by atoms with Gasteiger partial charge in [0, 0.05) is 6.42 Å². The number of aliphatic hydroxyl groups is 2. The zero-order chi connectivity index (χ0) is 29.2. The molecule has 7 atom stereocenters. The fourth-order valence-electron chi connectivity index (χ4n) is 4.53. The Bertz CT molecular complexity index is 1480. The number of carbonyl (C=O) groups excluding carboxylic acids is 1. The number of ether oxygens (including phenoxy) is 3. The predicted molar refractivity (Wildman–Crippen MR) is 140 cm³/mol. The summed E-state index contributed by atoms with van der Waals surface area (Å²) >= 11 is 0. The molecule has 2 aliphatic heterocycles. The van der Waals surface area contributed by atoms with Crippen LogP contribution >= 0.6 is 7.75 Å². The van der Waals surface area contributed by atoms with E-state index in [2.05, 4.69) is 15.2 Å². The van der Waals surface area contributed by atoms with Crippen molar-refractivity contribution in [3.8, 4) is 11.8 Å². The number of nitrogens with one attached hydrogen (secondary N) is 1. The topological polar surface area (TPSA) is 213 Å². The number of para-hydroxylation sites is 1. The average molecular weight is 589 g/mol. The Hall–Kier alpha value is -3.61. The maximum atomic E-state index is 13.9. The second-order valence-electron chi connectivity index (χ2n) is 9.62. The monoisotopic (exact) mass is 588 g/mol. The Labute approximate surface area is 234 Å². The number of hydrogen-bond acceptors (Lipinski definition) is 13. The fraction of sp³-hybridized carbons (Fsp3) is 0.440. The van der Waals surface area contributed by atoms with Crippen LogP contribution in [0.25, 0.3) is 5.52 Å². The van der Waals surface area contributed by atoms with E-state index < -0.39 is 56.4 Å². The zero-order valence-corrected chi connectivity index (χ0v) is 22.8. The Morgan fingerprint density at radius 2 is 2.12 bits per heavy atom. The molecule has 0 saturated carbocycles. The van der Waals surface area contributed by atoms with Crippen LogP contribution in [0.15, 0.2) is 48.8 Å². The summed E-state index contributed by atoms with van der Waals surface area (Å²) in [4.78, 5) is 16.6. The highest BCUT2D eigenvalue weighted by atomic mass is 31.2. The number of fused-ring (bicyclic) bond motifs is 1. The smallest absolute Gasteiger partial charge is 0.459 e. The molecule has 5 rings (SSSR count). The van der Waals surface area contributed by atoms with E-state index in [1.807, 2.05) is 6.07 Å². The minimum absolute atomic E-state index is 0.141. The SMILES string of the molecule is C[C@H](NP(=O)(OC[C@@]1(C#N)O[C@@H](c2ccc3c(N)ncnn23)[C@H](O)[C@@H]1O)Oc1ccccc1)C(=O)O[C@@H]1CCOC1. The number of nitrogen functional groups attached to an aromatic ring is 1. The van der Waals surface area contributed by atoms with E-state index in [4.69, 9.17) is 29.0 Å². The second kappa shape index (κ2) is 11.7. The quantitative estimate of drug-likeness (QED) is 0.191. The van der Waals surface area contributed by atoms with Gasteiger partial charge in [0.2, 0.25) is 5.60 Å². The van der Waals surface area contributed by atoms with Crippen molar-refractivity contribution in [1.82, 2.24) is 19.7 Å². The molecule has 5 N–H and O–H groups in total. The molecule has 2 saturated heterocycles. The molecular formula is C25H29N6O9P. The molecule has 15 nitrogen and oxygen atoms in total. The van der Waals surface area contributed by atoms with Gasteiger partial charge in [0.1, 0.15) is 60.7 Å². The van der Waals surface area contributed by atoms with E-state index in [1.165, 1.54) is 29.9 Å². The lowest BCUT2D eigenvalue weighted by Gasteiger charge is -2.28. The number of carbonyl (C=O) groups is 1. The summed E-state index contributed by atoms with van der Waals surface area (Å²) in [7, 11) is -4.42. The maximum Gasteiger partial charge on any atom is 0.459 e. The van der Waals surface area contributed by atoms with Gasteiger partial charge in [-0.2, -0.15) is 15.4 Å². The standard InChI is InChI=1S/C25H29N6O9P/c1-15(24(34)38-17-9-10-36-11-17)30-41(35,40-16-5-3-2-4-6-16)37-13-25(12-26)22(33)20(32)21(39-25)18-7-8-19-23(27)28-14-29-31(18)19/h2-8,14-15,17,20-22,32-33H,9-11,13H2,1H3,(H,30,35)(H2,27,28,29)/t15-,17+,20-,21-,22-,25+,41?/m0/s1. The van der Waals surface area contributed by atoms with Gasteiger partial charge in [-0.05, 0) is 31.2 Å². The summed E-state index contributed by atoms with van der Waals surface area (Å²) in [5.41, 5.74) is 4.41. The molecule has 2 aliphatic rings. The third-order valence-corrected chi connectivity index (χ3v) is 8.36. The molecule has 0 spiro atoms. The molecule has 218 valence electrons.